The number of hydrogen-bond donors (Lipinski definition) is 0. The molecule has 1 aromatic carbocycles. The summed E-state index contributed by atoms with van der Waals surface area (Å²) in [5, 5.41) is 0.962. The van der Waals surface area contributed by atoms with Crippen molar-refractivity contribution < 1.29 is 19.1 Å². The summed E-state index contributed by atoms with van der Waals surface area (Å²) in [4.78, 5) is 47.2. The Labute approximate surface area is 174 Å². The summed E-state index contributed by atoms with van der Waals surface area (Å²) in [6, 6.07) is 6.82. The van der Waals surface area contributed by atoms with Crippen LogP contribution in [0, 0.1) is 11.8 Å². The van der Waals surface area contributed by atoms with E-state index < -0.39 is 17.9 Å². The van der Waals surface area contributed by atoms with Gasteiger partial charge in [0.05, 0.1) is 29.1 Å². The van der Waals surface area contributed by atoms with Gasteiger partial charge < -0.3 is 9.64 Å². The molecule has 2 aromatic rings. The van der Waals surface area contributed by atoms with Gasteiger partial charge in [-0.05, 0) is 25.0 Å². The van der Waals surface area contributed by atoms with E-state index in [2.05, 4.69) is 4.98 Å². The van der Waals surface area contributed by atoms with Crippen molar-refractivity contribution in [3.05, 3.63) is 42.1 Å². The van der Waals surface area contributed by atoms with Crippen LogP contribution in [0.1, 0.15) is 18.9 Å². The van der Waals surface area contributed by atoms with Crippen LogP contribution in [0.3, 0.4) is 0 Å². The zero-order valence-corrected chi connectivity index (χ0v) is 16.9. The molecule has 0 unspecified atom stereocenters. The van der Waals surface area contributed by atoms with Crippen molar-refractivity contribution in [3.63, 3.8) is 0 Å². The molecule has 0 saturated carbocycles. The Morgan fingerprint density at radius 1 is 1.17 bits per heavy atom. The third-order valence-corrected chi connectivity index (χ3v) is 6.48. The number of hydrogen-bond acceptors (Lipinski definition) is 6. The second kappa shape index (κ2) is 7.02. The highest BCUT2D eigenvalue weighted by Crippen LogP contribution is 2.49. The second-order valence-electron chi connectivity index (χ2n) is 8.12. The van der Waals surface area contributed by atoms with Crippen LogP contribution in [0.25, 0.3) is 17.0 Å². The first-order valence-corrected chi connectivity index (χ1v) is 10.2. The molecule has 154 valence electrons. The van der Waals surface area contributed by atoms with Crippen LogP contribution in [-0.4, -0.2) is 59.8 Å². The lowest BCUT2D eigenvalue weighted by Gasteiger charge is -2.36. The number of rotatable bonds is 5. The van der Waals surface area contributed by atoms with E-state index >= 15 is 0 Å². The lowest BCUT2D eigenvalue weighted by molar-refractivity contribution is -0.141. The first-order chi connectivity index (χ1) is 14.5. The molecule has 4 heterocycles. The normalized spacial score (nSPS) is 26.9. The number of carbonyl (C=O) groups excluding carboxylic acids is 3. The second-order valence-corrected chi connectivity index (χ2v) is 8.12. The largest absolute Gasteiger partial charge is 0.385 e. The number of Topliss-reactive ketones (excluding diaryl/α,β-unsaturated/α-hetero) is 1. The molecule has 0 bridgehead atoms. The van der Waals surface area contributed by atoms with Gasteiger partial charge in [0.15, 0.2) is 5.78 Å². The Balaban J connectivity index is 1.62. The fourth-order valence-corrected chi connectivity index (χ4v) is 5.29. The first kappa shape index (κ1) is 18.9. The third kappa shape index (κ3) is 2.55. The maximum Gasteiger partial charge on any atom is 0.235 e. The number of ether oxygens (including phenoxy) is 1. The van der Waals surface area contributed by atoms with Gasteiger partial charge in [-0.2, -0.15) is 0 Å². The smallest absolute Gasteiger partial charge is 0.235 e. The highest BCUT2D eigenvalue weighted by Gasteiger charge is 2.63. The fraction of sp³-hybridized carbons (Fsp3) is 0.391. The molecule has 7 heteroatoms. The summed E-state index contributed by atoms with van der Waals surface area (Å²) in [6.07, 6.45) is 6.25. The molecule has 0 radical (unpaired) electrons. The predicted octanol–water partition coefficient (Wildman–Crippen LogP) is 2.05. The van der Waals surface area contributed by atoms with Gasteiger partial charge in [-0.15, -0.1) is 0 Å². The van der Waals surface area contributed by atoms with Gasteiger partial charge in [0.2, 0.25) is 11.8 Å². The molecule has 4 atom stereocenters. The van der Waals surface area contributed by atoms with Crippen molar-refractivity contribution in [2.24, 2.45) is 11.8 Å². The minimum Gasteiger partial charge on any atom is -0.385 e. The van der Waals surface area contributed by atoms with E-state index in [0.29, 0.717) is 19.6 Å². The average Bonchev–Trinajstić information content (AvgIpc) is 3.22. The van der Waals surface area contributed by atoms with Crippen LogP contribution in [0.4, 0.5) is 5.69 Å². The molecule has 0 spiro atoms. The summed E-state index contributed by atoms with van der Waals surface area (Å²) < 4.78 is 5.06. The van der Waals surface area contributed by atoms with E-state index in [0.717, 1.165) is 22.2 Å². The van der Waals surface area contributed by atoms with Crippen molar-refractivity contribution in [1.82, 2.24) is 9.88 Å². The summed E-state index contributed by atoms with van der Waals surface area (Å²) in [5.41, 5.74) is 2.56. The minimum atomic E-state index is -0.680. The Bertz CT molecular complexity index is 1100. The Morgan fingerprint density at radius 2 is 1.97 bits per heavy atom. The molecule has 30 heavy (non-hydrogen) atoms. The zero-order valence-electron chi connectivity index (χ0n) is 16.9. The van der Waals surface area contributed by atoms with E-state index in [1.807, 2.05) is 41.3 Å². The quantitative estimate of drug-likeness (QED) is 0.560. The van der Waals surface area contributed by atoms with E-state index in [-0.39, 0.29) is 23.6 Å². The van der Waals surface area contributed by atoms with Gasteiger partial charge >= 0.3 is 0 Å². The van der Waals surface area contributed by atoms with Crippen LogP contribution in [0.15, 0.2) is 36.5 Å². The fourth-order valence-electron chi connectivity index (χ4n) is 5.29. The van der Waals surface area contributed by atoms with Crippen LogP contribution in [0.5, 0.6) is 0 Å². The Hall–Kier alpha value is -3.06. The van der Waals surface area contributed by atoms with Crippen LogP contribution < -0.4 is 4.90 Å². The third-order valence-electron chi connectivity index (χ3n) is 6.48. The number of aromatic nitrogens is 1. The van der Waals surface area contributed by atoms with Gasteiger partial charge in [-0.25, -0.2) is 0 Å². The van der Waals surface area contributed by atoms with E-state index in [4.69, 9.17) is 4.74 Å². The molecule has 2 fully saturated rings. The summed E-state index contributed by atoms with van der Waals surface area (Å²) in [5.74, 6) is -1.78. The number of benzene rings is 1. The molecule has 0 aliphatic carbocycles. The number of methoxy groups -OCH3 is 1. The monoisotopic (exact) mass is 405 g/mol. The molecule has 5 rings (SSSR count). The highest BCUT2D eigenvalue weighted by molar-refractivity contribution is 6.12. The standard InChI is InChI=1S/C23H23N3O4/c1-13(27)20-18-17(22(28)25(23(18)29)11-4-12-30-2)16-9-8-15-7-6-14-5-3-10-24-19(14)21(15)26(16)20/h3,5-10,16-18,20H,4,11-12H2,1-2H3/t16-,17-,18-,20-/m1/s1. The molecule has 2 saturated heterocycles. The number of amides is 2. The number of pyridine rings is 1. The summed E-state index contributed by atoms with van der Waals surface area (Å²) in [6.45, 7) is 2.30. The molecule has 7 nitrogen and oxygen atoms in total. The lowest BCUT2D eigenvalue weighted by atomic mass is 9.88. The van der Waals surface area contributed by atoms with Crippen molar-refractivity contribution in [3.8, 4) is 0 Å². The zero-order chi connectivity index (χ0) is 21.0. The van der Waals surface area contributed by atoms with Crippen molar-refractivity contribution in [2.75, 3.05) is 25.2 Å². The molecule has 0 N–H and O–H groups in total. The SMILES string of the molecule is COCCCN1C(=O)[C@@H]2[C@H](C1=O)[C@H]1C=Cc3ccc4cccnc4c3N1[C@@H]2C(C)=O. The van der Waals surface area contributed by atoms with Gasteiger partial charge in [0.1, 0.15) is 6.04 Å². The van der Waals surface area contributed by atoms with Crippen LogP contribution in [0.2, 0.25) is 0 Å². The Kier molecular flexibility index (Phi) is 4.43. The van der Waals surface area contributed by atoms with E-state index in [1.54, 1.807) is 13.3 Å². The van der Waals surface area contributed by atoms with E-state index in [1.165, 1.54) is 11.8 Å². The maximum absolute atomic E-state index is 13.3. The van der Waals surface area contributed by atoms with Crippen LogP contribution in [-0.2, 0) is 19.1 Å². The number of nitrogens with zero attached hydrogens (tertiary/aromatic N) is 3. The van der Waals surface area contributed by atoms with Crippen molar-refractivity contribution >= 4 is 40.3 Å². The minimum absolute atomic E-state index is 0.110. The van der Waals surface area contributed by atoms with E-state index in [9.17, 15) is 14.4 Å². The Morgan fingerprint density at radius 3 is 2.73 bits per heavy atom. The molecule has 1 aromatic heterocycles. The van der Waals surface area contributed by atoms with Gasteiger partial charge in [-0.3, -0.25) is 24.3 Å². The molecular formula is C23H23N3O4. The van der Waals surface area contributed by atoms with Gasteiger partial charge in [0, 0.05) is 31.8 Å². The highest BCUT2D eigenvalue weighted by atomic mass is 16.5. The molecule has 3 aliphatic heterocycles. The maximum atomic E-state index is 13.3. The number of ketones is 1. The summed E-state index contributed by atoms with van der Waals surface area (Å²) in [7, 11) is 1.59. The first-order valence-electron chi connectivity index (χ1n) is 10.2. The molecular weight excluding hydrogens is 382 g/mol. The van der Waals surface area contributed by atoms with Gasteiger partial charge in [-0.1, -0.05) is 30.4 Å². The van der Waals surface area contributed by atoms with Crippen molar-refractivity contribution in [2.45, 2.75) is 25.4 Å². The van der Waals surface area contributed by atoms with Crippen LogP contribution >= 0.6 is 0 Å². The number of anilines is 1. The molecule has 3 aliphatic rings. The number of fused-ring (bicyclic) bond motifs is 7. The van der Waals surface area contributed by atoms with Crippen molar-refractivity contribution in [1.29, 1.82) is 0 Å². The average molecular weight is 405 g/mol. The predicted molar refractivity (Wildman–Crippen MR) is 112 cm³/mol. The lowest BCUT2D eigenvalue weighted by Crippen LogP contribution is -2.48. The topological polar surface area (TPSA) is 79.8 Å². The summed E-state index contributed by atoms with van der Waals surface area (Å²) >= 11 is 0. The number of imide groups is 1. The van der Waals surface area contributed by atoms with Gasteiger partial charge in [0.25, 0.3) is 0 Å². The number of likely N-dealkylation sites (tertiary alicyclic amines) is 1. The molecule has 2 amide bonds. The number of carbonyl (C=O) groups is 3.